The molecule has 0 aromatic heterocycles. The number of Topliss-reactive ketones (excluding diaryl/α,β-unsaturated/α-hetero) is 1. The van der Waals surface area contributed by atoms with E-state index in [1.807, 2.05) is 0 Å². The van der Waals surface area contributed by atoms with Crippen molar-refractivity contribution in [3.63, 3.8) is 0 Å². The van der Waals surface area contributed by atoms with Gasteiger partial charge >= 0.3 is 0 Å². The maximum atomic E-state index is 11.4. The number of carbonyl (C=O) groups excluding carboxylic acids is 2. The van der Waals surface area contributed by atoms with E-state index in [1.54, 1.807) is 6.92 Å². The van der Waals surface area contributed by atoms with Gasteiger partial charge in [-0.05, 0) is 19.9 Å². The molecule has 0 spiro atoms. The van der Waals surface area contributed by atoms with Gasteiger partial charge in [0.05, 0.1) is 28.8 Å². The van der Waals surface area contributed by atoms with Gasteiger partial charge in [0.1, 0.15) is 5.75 Å². The minimum absolute atomic E-state index is 0.0720. The van der Waals surface area contributed by atoms with Crippen LogP contribution >= 0.6 is 0 Å². The Balaban J connectivity index is 3.44. The van der Waals surface area contributed by atoms with Crippen LogP contribution in [0.25, 0.3) is 0 Å². The predicted octanol–water partition coefficient (Wildman–Crippen LogP) is 2.15. The van der Waals surface area contributed by atoms with Crippen molar-refractivity contribution in [2.75, 3.05) is 11.9 Å². The third kappa shape index (κ3) is 3.51. The zero-order valence-corrected chi connectivity index (χ0v) is 10.9. The normalized spacial score (nSPS) is 9.84. The largest absolute Gasteiger partial charge is 0.491 e. The molecule has 102 valence electrons. The van der Waals surface area contributed by atoms with Crippen molar-refractivity contribution in [3.8, 4) is 5.75 Å². The Morgan fingerprint density at radius 2 is 2.00 bits per heavy atom. The van der Waals surface area contributed by atoms with Crippen molar-refractivity contribution in [1.29, 1.82) is 0 Å². The van der Waals surface area contributed by atoms with Gasteiger partial charge in [-0.3, -0.25) is 19.7 Å². The fraction of sp³-hybridized carbons (Fsp3) is 0.333. The first-order valence-corrected chi connectivity index (χ1v) is 5.60. The standard InChI is InChI=1S/C12H14N2O5/c1-4-19-12-6-11(14(17)18)9(7(2)15)5-10(12)13-8(3)16/h5-6H,4H2,1-3H3,(H,13,16). The van der Waals surface area contributed by atoms with Crippen molar-refractivity contribution in [3.05, 3.63) is 27.8 Å². The first-order valence-electron chi connectivity index (χ1n) is 5.60. The van der Waals surface area contributed by atoms with E-state index >= 15 is 0 Å². The Morgan fingerprint density at radius 3 is 2.42 bits per heavy atom. The van der Waals surface area contributed by atoms with E-state index in [9.17, 15) is 19.7 Å². The Morgan fingerprint density at radius 1 is 1.37 bits per heavy atom. The molecule has 1 amide bonds. The number of nitrogens with zero attached hydrogens (tertiary/aromatic N) is 1. The minimum atomic E-state index is -0.656. The average Bonchev–Trinajstić information content (AvgIpc) is 2.29. The second kappa shape index (κ2) is 5.94. The maximum Gasteiger partial charge on any atom is 0.284 e. The van der Waals surface area contributed by atoms with E-state index in [0.717, 1.165) is 6.07 Å². The number of carbonyl (C=O) groups is 2. The highest BCUT2D eigenvalue weighted by Gasteiger charge is 2.22. The molecule has 0 aliphatic rings. The van der Waals surface area contributed by atoms with Gasteiger partial charge in [-0.2, -0.15) is 0 Å². The number of anilines is 1. The first kappa shape index (κ1) is 14.6. The second-order valence-electron chi connectivity index (χ2n) is 3.79. The second-order valence-corrected chi connectivity index (χ2v) is 3.79. The van der Waals surface area contributed by atoms with Crippen LogP contribution in [0.5, 0.6) is 5.75 Å². The van der Waals surface area contributed by atoms with Crippen LogP contribution in [0.3, 0.4) is 0 Å². The summed E-state index contributed by atoms with van der Waals surface area (Å²) in [6, 6.07) is 2.40. The summed E-state index contributed by atoms with van der Waals surface area (Å²) < 4.78 is 5.23. The van der Waals surface area contributed by atoms with Crippen LogP contribution in [0.4, 0.5) is 11.4 Å². The van der Waals surface area contributed by atoms with Gasteiger partial charge in [0.15, 0.2) is 5.78 Å². The number of nitrogens with one attached hydrogen (secondary N) is 1. The Kier molecular flexibility index (Phi) is 4.57. The van der Waals surface area contributed by atoms with Crippen molar-refractivity contribution in [1.82, 2.24) is 0 Å². The number of rotatable bonds is 5. The van der Waals surface area contributed by atoms with Gasteiger partial charge in [0.25, 0.3) is 5.69 Å². The number of ketones is 1. The smallest absolute Gasteiger partial charge is 0.284 e. The summed E-state index contributed by atoms with van der Waals surface area (Å²) >= 11 is 0. The molecule has 1 N–H and O–H groups in total. The summed E-state index contributed by atoms with van der Waals surface area (Å²) in [5.41, 5.74) is -0.174. The molecule has 0 atom stereocenters. The Labute approximate surface area is 109 Å². The molecule has 1 aromatic rings. The molecule has 0 heterocycles. The lowest BCUT2D eigenvalue weighted by atomic mass is 10.1. The summed E-state index contributed by atoms with van der Waals surface area (Å²) in [5.74, 6) is -0.653. The van der Waals surface area contributed by atoms with Crippen LogP contribution in [0.1, 0.15) is 31.1 Å². The van der Waals surface area contributed by atoms with Crippen LogP contribution in [-0.2, 0) is 4.79 Å². The van der Waals surface area contributed by atoms with Gasteiger partial charge < -0.3 is 10.1 Å². The fourth-order valence-corrected chi connectivity index (χ4v) is 1.56. The number of nitro benzene ring substituents is 1. The highest BCUT2D eigenvalue weighted by Crippen LogP contribution is 2.33. The van der Waals surface area contributed by atoms with Crippen LogP contribution in [0.15, 0.2) is 12.1 Å². The van der Waals surface area contributed by atoms with E-state index in [0.29, 0.717) is 0 Å². The third-order valence-corrected chi connectivity index (χ3v) is 2.28. The van der Waals surface area contributed by atoms with Gasteiger partial charge in [-0.25, -0.2) is 0 Å². The SMILES string of the molecule is CCOc1cc([N+](=O)[O-])c(C(C)=O)cc1NC(C)=O. The third-order valence-electron chi connectivity index (χ3n) is 2.28. The number of amides is 1. The maximum absolute atomic E-state index is 11.4. The monoisotopic (exact) mass is 266 g/mol. The van der Waals surface area contributed by atoms with E-state index in [4.69, 9.17) is 4.74 Å². The molecule has 7 nitrogen and oxygen atoms in total. The van der Waals surface area contributed by atoms with Gasteiger partial charge in [0, 0.05) is 6.92 Å². The highest BCUT2D eigenvalue weighted by molar-refractivity contribution is 6.01. The zero-order chi connectivity index (χ0) is 14.6. The number of hydrogen-bond acceptors (Lipinski definition) is 5. The lowest BCUT2D eigenvalue weighted by Crippen LogP contribution is -2.10. The van der Waals surface area contributed by atoms with Crippen LogP contribution in [0.2, 0.25) is 0 Å². The molecule has 19 heavy (non-hydrogen) atoms. The molecule has 0 fully saturated rings. The summed E-state index contributed by atoms with van der Waals surface area (Å²) in [4.78, 5) is 32.8. The lowest BCUT2D eigenvalue weighted by molar-refractivity contribution is -0.385. The van der Waals surface area contributed by atoms with Crippen molar-refractivity contribution >= 4 is 23.1 Å². The Bertz CT molecular complexity index is 539. The van der Waals surface area contributed by atoms with Crippen molar-refractivity contribution < 1.29 is 19.2 Å². The van der Waals surface area contributed by atoms with Crippen LogP contribution < -0.4 is 10.1 Å². The molecule has 0 saturated carbocycles. The fourth-order valence-electron chi connectivity index (χ4n) is 1.56. The topological polar surface area (TPSA) is 98.5 Å². The molecular formula is C12H14N2O5. The Hall–Kier alpha value is -2.44. The summed E-state index contributed by atoms with van der Waals surface area (Å²) in [7, 11) is 0. The molecular weight excluding hydrogens is 252 g/mol. The quantitative estimate of drug-likeness (QED) is 0.500. The molecule has 0 aliphatic heterocycles. The van der Waals surface area contributed by atoms with Crippen LogP contribution in [-0.4, -0.2) is 23.2 Å². The van der Waals surface area contributed by atoms with Crippen LogP contribution in [0, 0.1) is 10.1 Å². The molecule has 0 saturated heterocycles. The van der Waals surface area contributed by atoms with E-state index < -0.39 is 10.7 Å². The predicted molar refractivity (Wildman–Crippen MR) is 68.6 cm³/mol. The zero-order valence-electron chi connectivity index (χ0n) is 10.9. The van der Waals surface area contributed by atoms with Gasteiger partial charge in [0.2, 0.25) is 5.91 Å². The molecule has 0 aliphatic carbocycles. The van der Waals surface area contributed by atoms with E-state index in [-0.39, 0.29) is 35.2 Å². The van der Waals surface area contributed by atoms with Crippen molar-refractivity contribution in [2.24, 2.45) is 0 Å². The van der Waals surface area contributed by atoms with Gasteiger partial charge in [-0.15, -0.1) is 0 Å². The van der Waals surface area contributed by atoms with Crippen molar-refractivity contribution in [2.45, 2.75) is 20.8 Å². The number of benzene rings is 1. The molecule has 1 aromatic carbocycles. The lowest BCUT2D eigenvalue weighted by Gasteiger charge is -2.12. The molecule has 1 rings (SSSR count). The minimum Gasteiger partial charge on any atom is -0.491 e. The number of hydrogen-bond donors (Lipinski definition) is 1. The van der Waals surface area contributed by atoms with E-state index in [1.165, 1.54) is 19.9 Å². The van der Waals surface area contributed by atoms with E-state index in [2.05, 4.69) is 5.32 Å². The molecule has 0 unspecified atom stereocenters. The summed E-state index contributed by atoms with van der Waals surface area (Å²) in [5, 5.41) is 13.4. The summed E-state index contributed by atoms with van der Waals surface area (Å²) in [6.07, 6.45) is 0. The number of ether oxygens (including phenoxy) is 1. The summed E-state index contributed by atoms with van der Waals surface area (Å²) in [6.45, 7) is 4.51. The average molecular weight is 266 g/mol. The molecule has 0 bridgehead atoms. The molecule has 7 heteroatoms. The first-order chi connectivity index (χ1) is 8.86. The van der Waals surface area contributed by atoms with Gasteiger partial charge in [-0.1, -0.05) is 0 Å². The number of nitro groups is 1. The highest BCUT2D eigenvalue weighted by atomic mass is 16.6. The molecule has 0 radical (unpaired) electrons.